The summed E-state index contributed by atoms with van der Waals surface area (Å²) in [7, 11) is 1.87. The minimum Gasteiger partial charge on any atom is -0.491 e. The van der Waals surface area contributed by atoms with Gasteiger partial charge in [0.2, 0.25) is 0 Å². The minimum absolute atomic E-state index is 0.488. The molecule has 0 bridgehead atoms. The maximum Gasteiger partial charge on any atom is 0.328 e. The Hall–Kier alpha value is -2.08. The Labute approximate surface area is 131 Å². The van der Waals surface area contributed by atoms with Gasteiger partial charge in [-0.25, -0.2) is 4.79 Å². The molecule has 0 saturated carbocycles. The lowest BCUT2D eigenvalue weighted by Gasteiger charge is -2.10. The Morgan fingerprint density at radius 2 is 2.33 bits per heavy atom. The number of aliphatic carboxylic acids is 1. The van der Waals surface area contributed by atoms with Crippen molar-refractivity contribution in [3.05, 3.63) is 52.3 Å². The first-order chi connectivity index (χ1) is 10.1. The number of benzene rings is 1. The second-order valence-corrected chi connectivity index (χ2v) is 5.30. The van der Waals surface area contributed by atoms with E-state index < -0.39 is 5.97 Å². The van der Waals surface area contributed by atoms with Crippen LogP contribution in [-0.2, 0) is 18.3 Å². The van der Waals surface area contributed by atoms with E-state index in [4.69, 9.17) is 9.84 Å². The van der Waals surface area contributed by atoms with Crippen molar-refractivity contribution in [1.29, 1.82) is 0 Å². The standard InChI is InChI=1S/C15H15BrN2O3/c1-18-10-11(9-17-18)7-8-21-15-12(5-6-14(19)20)3-2-4-13(15)16/h2-6,9-10H,7-8H2,1H3,(H,19,20)/b6-5+. The fourth-order valence-corrected chi connectivity index (χ4v) is 2.34. The molecule has 0 saturated heterocycles. The Bertz CT molecular complexity index is 665. The molecule has 1 heterocycles. The first kappa shape index (κ1) is 15.3. The summed E-state index contributed by atoms with van der Waals surface area (Å²) in [5.41, 5.74) is 1.81. The summed E-state index contributed by atoms with van der Waals surface area (Å²) in [6.45, 7) is 0.488. The van der Waals surface area contributed by atoms with Crippen LogP contribution in [0.4, 0.5) is 0 Å². The van der Waals surface area contributed by atoms with Crippen LogP contribution < -0.4 is 4.74 Å². The van der Waals surface area contributed by atoms with Gasteiger partial charge in [0.1, 0.15) is 5.75 Å². The molecule has 1 aromatic carbocycles. The predicted molar refractivity (Wildman–Crippen MR) is 83.2 cm³/mol. The summed E-state index contributed by atoms with van der Waals surface area (Å²) in [5.74, 6) is -0.352. The third kappa shape index (κ3) is 4.46. The summed E-state index contributed by atoms with van der Waals surface area (Å²) in [6, 6.07) is 5.50. The molecule has 21 heavy (non-hydrogen) atoms. The van der Waals surface area contributed by atoms with Gasteiger partial charge in [0.25, 0.3) is 0 Å². The van der Waals surface area contributed by atoms with Crippen molar-refractivity contribution in [2.45, 2.75) is 6.42 Å². The number of hydrogen-bond acceptors (Lipinski definition) is 3. The first-order valence-electron chi connectivity index (χ1n) is 6.36. The lowest BCUT2D eigenvalue weighted by molar-refractivity contribution is -0.131. The highest BCUT2D eigenvalue weighted by atomic mass is 79.9. The third-order valence-corrected chi connectivity index (χ3v) is 3.42. The second kappa shape index (κ2) is 7.08. The lowest BCUT2D eigenvalue weighted by Crippen LogP contribution is -2.02. The van der Waals surface area contributed by atoms with Gasteiger partial charge in [-0.15, -0.1) is 0 Å². The van der Waals surface area contributed by atoms with Crippen LogP contribution in [0.2, 0.25) is 0 Å². The smallest absolute Gasteiger partial charge is 0.328 e. The SMILES string of the molecule is Cn1cc(CCOc2c(Br)cccc2/C=C/C(=O)O)cn1. The Morgan fingerprint density at radius 1 is 1.52 bits per heavy atom. The molecule has 110 valence electrons. The Balaban J connectivity index is 2.06. The van der Waals surface area contributed by atoms with Crippen LogP contribution in [0.5, 0.6) is 5.75 Å². The maximum atomic E-state index is 10.6. The summed E-state index contributed by atoms with van der Waals surface area (Å²) in [4.78, 5) is 10.6. The molecule has 0 aliphatic rings. The summed E-state index contributed by atoms with van der Waals surface area (Å²) in [5, 5.41) is 12.8. The summed E-state index contributed by atoms with van der Waals surface area (Å²) >= 11 is 3.42. The monoisotopic (exact) mass is 350 g/mol. The molecule has 0 unspecified atom stereocenters. The zero-order valence-corrected chi connectivity index (χ0v) is 13.1. The second-order valence-electron chi connectivity index (χ2n) is 4.45. The van der Waals surface area contributed by atoms with Gasteiger partial charge in [-0.1, -0.05) is 12.1 Å². The van der Waals surface area contributed by atoms with Crippen LogP contribution in [0.3, 0.4) is 0 Å². The highest BCUT2D eigenvalue weighted by Gasteiger charge is 2.07. The van der Waals surface area contributed by atoms with Gasteiger partial charge in [-0.05, 0) is 33.6 Å². The van der Waals surface area contributed by atoms with E-state index in [0.717, 1.165) is 28.1 Å². The van der Waals surface area contributed by atoms with Gasteiger partial charge in [-0.2, -0.15) is 5.10 Å². The van der Waals surface area contributed by atoms with Gasteiger partial charge in [-0.3, -0.25) is 4.68 Å². The Kier molecular flexibility index (Phi) is 5.16. The summed E-state index contributed by atoms with van der Waals surface area (Å²) < 4.78 is 8.32. The molecule has 0 amide bonds. The Morgan fingerprint density at radius 3 is 3.00 bits per heavy atom. The molecule has 0 radical (unpaired) electrons. The minimum atomic E-state index is -0.990. The molecule has 2 aromatic rings. The number of carboxylic acids is 1. The zero-order chi connectivity index (χ0) is 15.2. The van der Waals surface area contributed by atoms with Gasteiger partial charge < -0.3 is 9.84 Å². The van der Waals surface area contributed by atoms with Crippen LogP contribution in [0.1, 0.15) is 11.1 Å². The van der Waals surface area contributed by atoms with E-state index in [1.165, 1.54) is 6.08 Å². The molecule has 0 fully saturated rings. The molecule has 0 atom stereocenters. The fraction of sp³-hybridized carbons (Fsp3) is 0.200. The number of nitrogens with zero attached hydrogens (tertiary/aromatic N) is 2. The van der Waals surface area contributed by atoms with Crippen molar-refractivity contribution in [2.75, 3.05) is 6.61 Å². The average molecular weight is 351 g/mol. The van der Waals surface area contributed by atoms with Crippen LogP contribution >= 0.6 is 15.9 Å². The molecule has 2 rings (SSSR count). The molecular formula is C15H15BrN2O3. The number of hydrogen-bond donors (Lipinski definition) is 1. The number of carboxylic acid groups (broad SMARTS) is 1. The predicted octanol–water partition coefficient (Wildman–Crippen LogP) is 2.90. The highest BCUT2D eigenvalue weighted by Crippen LogP contribution is 2.30. The molecular weight excluding hydrogens is 336 g/mol. The van der Waals surface area contributed by atoms with E-state index in [0.29, 0.717) is 12.4 Å². The topological polar surface area (TPSA) is 64.3 Å². The van der Waals surface area contributed by atoms with E-state index in [1.54, 1.807) is 10.9 Å². The number of carbonyl (C=O) groups is 1. The van der Waals surface area contributed by atoms with Crippen molar-refractivity contribution < 1.29 is 14.6 Å². The fourth-order valence-electron chi connectivity index (χ4n) is 1.84. The van der Waals surface area contributed by atoms with E-state index in [9.17, 15) is 4.79 Å². The van der Waals surface area contributed by atoms with Crippen molar-refractivity contribution in [3.63, 3.8) is 0 Å². The number of halogens is 1. The lowest BCUT2D eigenvalue weighted by atomic mass is 10.2. The molecule has 0 aliphatic heterocycles. The zero-order valence-electron chi connectivity index (χ0n) is 11.5. The molecule has 1 N–H and O–H groups in total. The number of rotatable bonds is 6. The molecule has 5 nitrogen and oxygen atoms in total. The molecule has 0 aliphatic carbocycles. The third-order valence-electron chi connectivity index (χ3n) is 2.80. The van der Waals surface area contributed by atoms with Crippen LogP contribution in [-0.4, -0.2) is 27.5 Å². The number of aryl methyl sites for hydroxylation is 1. The van der Waals surface area contributed by atoms with Crippen LogP contribution in [0.25, 0.3) is 6.08 Å². The quantitative estimate of drug-likeness (QED) is 0.813. The van der Waals surface area contributed by atoms with E-state index in [1.807, 2.05) is 31.4 Å². The largest absolute Gasteiger partial charge is 0.491 e. The van der Waals surface area contributed by atoms with Crippen molar-refractivity contribution in [2.24, 2.45) is 7.05 Å². The van der Waals surface area contributed by atoms with Gasteiger partial charge in [0.15, 0.2) is 0 Å². The molecule has 1 aromatic heterocycles. The first-order valence-corrected chi connectivity index (χ1v) is 7.15. The van der Waals surface area contributed by atoms with Gasteiger partial charge in [0.05, 0.1) is 17.3 Å². The van der Waals surface area contributed by atoms with Crippen molar-refractivity contribution in [3.8, 4) is 5.75 Å². The molecule has 6 heteroatoms. The van der Waals surface area contributed by atoms with Crippen LogP contribution in [0.15, 0.2) is 41.1 Å². The number of ether oxygens (including phenoxy) is 1. The van der Waals surface area contributed by atoms with Crippen LogP contribution in [0, 0.1) is 0 Å². The average Bonchev–Trinajstić information content (AvgIpc) is 2.84. The number of aromatic nitrogens is 2. The van der Waals surface area contributed by atoms with E-state index in [-0.39, 0.29) is 0 Å². The van der Waals surface area contributed by atoms with Gasteiger partial charge >= 0.3 is 5.97 Å². The van der Waals surface area contributed by atoms with Crippen molar-refractivity contribution in [1.82, 2.24) is 9.78 Å². The van der Waals surface area contributed by atoms with E-state index >= 15 is 0 Å². The van der Waals surface area contributed by atoms with Gasteiger partial charge in [0, 0.05) is 31.3 Å². The summed E-state index contributed by atoms with van der Waals surface area (Å²) in [6.07, 6.45) is 7.09. The molecule has 0 spiro atoms. The van der Waals surface area contributed by atoms with E-state index in [2.05, 4.69) is 21.0 Å². The maximum absolute atomic E-state index is 10.6. The highest BCUT2D eigenvalue weighted by molar-refractivity contribution is 9.10. The van der Waals surface area contributed by atoms with Crippen molar-refractivity contribution >= 4 is 28.0 Å². The number of para-hydroxylation sites is 1. The normalized spacial score (nSPS) is 11.0.